The third kappa shape index (κ3) is 4.70. The molecule has 0 fully saturated rings. The van der Waals surface area contributed by atoms with Crippen molar-refractivity contribution in [2.75, 3.05) is 13.2 Å². The highest BCUT2D eigenvalue weighted by molar-refractivity contribution is 4.66. The quantitative estimate of drug-likeness (QED) is 0.488. The lowest BCUT2D eigenvalue weighted by atomic mass is 10.2. The van der Waals surface area contributed by atoms with Crippen molar-refractivity contribution in [1.82, 2.24) is 4.90 Å². The van der Waals surface area contributed by atoms with E-state index < -0.39 is 0 Å². The normalized spacial score (nSPS) is 12.0. The molecule has 0 radical (unpaired) electrons. The summed E-state index contributed by atoms with van der Waals surface area (Å²) in [6, 6.07) is 1.20. The van der Waals surface area contributed by atoms with Crippen LogP contribution in [0.1, 0.15) is 34.1 Å². The summed E-state index contributed by atoms with van der Waals surface area (Å²) in [4.78, 5) is 6.95. The highest BCUT2D eigenvalue weighted by atomic mass is 16.6. The van der Waals surface area contributed by atoms with Crippen LogP contribution in [0.15, 0.2) is 0 Å². The Labute approximate surface area is 75.8 Å². The molecule has 2 N–H and O–H groups in total. The average molecular weight is 174 g/mol. The largest absolute Gasteiger partial charge is 0.305 e. The van der Waals surface area contributed by atoms with Crippen LogP contribution in [0.2, 0.25) is 0 Å². The van der Waals surface area contributed by atoms with Crippen molar-refractivity contribution in [2.24, 2.45) is 5.90 Å². The molecule has 0 atom stereocenters. The van der Waals surface area contributed by atoms with Gasteiger partial charge < -0.3 is 4.84 Å². The molecular formula is C9H22N2O. The summed E-state index contributed by atoms with van der Waals surface area (Å²) in [6.07, 6.45) is 1.01. The topological polar surface area (TPSA) is 38.5 Å². The Morgan fingerprint density at radius 1 is 1.17 bits per heavy atom. The molecule has 0 unspecified atom stereocenters. The Bertz CT molecular complexity index is 96.7. The standard InChI is InChI=1S/C9H22N2O/c1-8(2)11(9(3)4)6-5-7-12-10/h8-9H,5-7,10H2,1-4H3. The van der Waals surface area contributed by atoms with Crippen LogP contribution in [0.3, 0.4) is 0 Å². The van der Waals surface area contributed by atoms with Crippen molar-refractivity contribution < 1.29 is 4.84 Å². The van der Waals surface area contributed by atoms with E-state index in [1.165, 1.54) is 0 Å². The molecule has 0 bridgehead atoms. The van der Waals surface area contributed by atoms with Crippen molar-refractivity contribution in [1.29, 1.82) is 0 Å². The van der Waals surface area contributed by atoms with Crippen molar-refractivity contribution >= 4 is 0 Å². The van der Waals surface area contributed by atoms with E-state index in [2.05, 4.69) is 37.4 Å². The zero-order valence-corrected chi connectivity index (χ0v) is 8.71. The Kier molecular flexibility index (Phi) is 6.34. The molecule has 0 aliphatic carbocycles. The lowest BCUT2D eigenvalue weighted by Crippen LogP contribution is -2.38. The van der Waals surface area contributed by atoms with Gasteiger partial charge in [0.1, 0.15) is 0 Å². The van der Waals surface area contributed by atoms with Crippen LogP contribution in [-0.2, 0) is 4.84 Å². The molecule has 0 aliphatic heterocycles. The molecule has 0 aromatic heterocycles. The summed E-state index contributed by atoms with van der Waals surface area (Å²) >= 11 is 0. The summed E-state index contributed by atoms with van der Waals surface area (Å²) in [5.41, 5.74) is 0. The smallest absolute Gasteiger partial charge is 0.0691 e. The summed E-state index contributed by atoms with van der Waals surface area (Å²) in [5, 5.41) is 0. The molecule has 3 nitrogen and oxygen atoms in total. The minimum atomic E-state index is 0.600. The number of hydrogen-bond acceptors (Lipinski definition) is 3. The van der Waals surface area contributed by atoms with Gasteiger partial charge in [0, 0.05) is 18.6 Å². The van der Waals surface area contributed by atoms with Crippen LogP contribution in [0.25, 0.3) is 0 Å². The van der Waals surface area contributed by atoms with Gasteiger partial charge in [-0.1, -0.05) is 0 Å². The van der Waals surface area contributed by atoms with E-state index in [-0.39, 0.29) is 0 Å². The van der Waals surface area contributed by atoms with E-state index >= 15 is 0 Å². The molecule has 74 valence electrons. The van der Waals surface area contributed by atoms with Gasteiger partial charge in [-0.05, 0) is 34.1 Å². The van der Waals surface area contributed by atoms with Gasteiger partial charge in [-0.25, -0.2) is 5.90 Å². The lowest BCUT2D eigenvalue weighted by Gasteiger charge is -2.30. The second-order valence-electron chi connectivity index (χ2n) is 3.65. The summed E-state index contributed by atoms with van der Waals surface area (Å²) in [5.74, 6) is 4.95. The van der Waals surface area contributed by atoms with Gasteiger partial charge >= 0.3 is 0 Å². The SMILES string of the molecule is CC(C)N(CCCON)C(C)C. The summed E-state index contributed by atoms with van der Waals surface area (Å²) < 4.78 is 0. The number of rotatable bonds is 6. The van der Waals surface area contributed by atoms with E-state index in [9.17, 15) is 0 Å². The van der Waals surface area contributed by atoms with Crippen molar-refractivity contribution in [3.8, 4) is 0 Å². The van der Waals surface area contributed by atoms with Crippen LogP contribution in [-0.4, -0.2) is 30.1 Å². The van der Waals surface area contributed by atoms with E-state index in [1.807, 2.05) is 0 Å². The Balaban J connectivity index is 3.64. The van der Waals surface area contributed by atoms with Gasteiger partial charge in [0.15, 0.2) is 0 Å². The van der Waals surface area contributed by atoms with E-state index in [1.54, 1.807) is 0 Å². The molecule has 0 amide bonds. The van der Waals surface area contributed by atoms with Gasteiger partial charge in [-0.3, -0.25) is 4.90 Å². The second-order valence-corrected chi connectivity index (χ2v) is 3.65. The minimum Gasteiger partial charge on any atom is -0.305 e. The van der Waals surface area contributed by atoms with E-state index in [0.717, 1.165) is 13.0 Å². The van der Waals surface area contributed by atoms with Crippen LogP contribution < -0.4 is 5.90 Å². The van der Waals surface area contributed by atoms with Crippen molar-refractivity contribution in [3.63, 3.8) is 0 Å². The fourth-order valence-electron chi connectivity index (χ4n) is 1.44. The third-order valence-corrected chi connectivity index (χ3v) is 2.01. The maximum Gasteiger partial charge on any atom is 0.0691 e. The first kappa shape index (κ1) is 11.9. The predicted octanol–water partition coefficient (Wildman–Crippen LogP) is 1.39. The fourth-order valence-corrected chi connectivity index (χ4v) is 1.44. The van der Waals surface area contributed by atoms with Crippen molar-refractivity contribution in [2.45, 2.75) is 46.2 Å². The van der Waals surface area contributed by atoms with Crippen LogP contribution in [0.5, 0.6) is 0 Å². The second kappa shape index (κ2) is 6.40. The number of nitrogens with two attached hydrogens (primary N) is 1. The highest BCUT2D eigenvalue weighted by Gasteiger charge is 2.11. The zero-order chi connectivity index (χ0) is 9.56. The van der Waals surface area contributed by atoms with Gasteiger partial charge in [0.05, 0.1) is 6.61 Å². The van der Waals surface area contributed by atoms with Gasteiger partial charge in [-0.2, -0.15) is 0 Å². The molecule has 0 rings (SSSR count). The molecule has 0 spiro atoms. The molecule has 0 aromatic carbocycles. The van der Waals surface area contributed by atoms with Gasteiger partial charge in [0.25, 0.3) is 0 Å². The molecular weight excluding hydrogens is 152 g/mol. The van der Waals surface area contributed by atoms with Gasteiger partial charge in [0.2, 0.25) is 0 Å². The Morgan fingerprint density at radius 2 is 1.67 bits per heavy atom. The first-order valence-electron chi connectivity index (χ1n) is 4.67. The molecule has 0 saturated heterocycles. The Morgan fingerprint density at radius 3 is 2.00 bits per heavy atom. The third-order valence-electron chi connectivity index (χ3n) is 2.01. The van der Waals surface area contributed by atoms with Gasteiger partial charge in [-0.15, -0.1) is 0 Å². The number of hydrogen-bond donors (Lipinski definition) is 1. The minimum absolute atomic E-state index is 0.600. The molecule has 0 aromatic rings. The van der Waals surface area contributed by atoms with Crippen LogP contribution in [0.4, 0.5) is 0 Å². The highest BCUT2D eigenvalue weighted by Crippen LogP contribution is 2.05. The predicted molar refractivity (Wildman–Crippen MR) is 51.7 cm³/mol. The maximum absolute atomic E-state index is 4.95. The molecule has 0 saturated carbocycles. The Hall–Kier alpha value is -0.120. The fraction of sp³-hybridized carbons (Fsp3) is 1.00. The average Bonchev–Trinajstić information content (AvgIpc) is 1.96. The molecule has 0 aliphatic rings. The first-order valence-corrected chi connectivity index (χ1v) is 4.67. The zero-order valence-electron chi connectivity index (χ0n) is 8.71. The maximum atomic E-state index is 4.95. The summed E-state index contributed by atoms with van der Waals surface area (Å²) in [7, 11) is 0. The summed E-state index contributed by atoms with van der Waals surface area (Å²) in [6.45, 7) is 10.6. The first-order chi connectivity index (χ1) is 5.59. The molecule has 12 heavy (non-hydrogen) atoms. The molecule has 0 heterocycles. The van der Waals surface area contributed by atoms with Crippen molar-refractivity contribution in [3.05, 3.63) is 0 Å². The lowest BCUT2D eigenvalue weighted by molar-refractivity contribution is 0.107. The number of nitrogens with zero attached hydrogens (tertiary/aromatic N) is 1. The van der Waals surface area contributed by atoms with Crippen LogP contribution in [0, 0.1) is 0 Å². The van der Waals surface area contributed by atoms with E-state index in [0.29, 0.717) is 18.7 Å². The monoisotopic (exact) mass is 174 g/mol. The molecule has 3 heteroatoms. The van der Waals surface area contributed by atoms with E-state index in [4.69, 9.17) is 5.90 Å². The van der Waals surface area contributed by atoms with Crippen LogP contribution >= 0.6 is 0 Å².